The van der Waals surface area contributed by atoms with Gasteiger partial charge in [0, 0.05) is 11.6 Å². The van der Waals surface area contributed by atoms with E-state index >= 15 is 0 Å². The maximum Gasteiger partial charge on any atom is 0.328 e. The van der Waals surface area contributed by atoms with Gasteiger partial charge in [0.15, 0.2) is 5.16 Å². The SMILES string of the molecule is CCOC(=O)C1CCCCN1C(=O)CSc1nncn1-c1ccc(C)c(Cl)c1. The number of hydrogen-bond acceptors (Lipinski definition) is 6. The minimum Gasteiger partial charge on any atom is -0.464 e. The first-order chi connectivity index (χ1) is 13.5. The summed E-state index contributed by atoms with van der Waals surface area (Å²) in [4.78, 5) is 26.6. The zero-order valence-corrected chi connectivity index (χ0v) is 17.5. The van der Waals surface area contributed by atoms with Crippen molar-refractivity contribution in [1.82, 2.24) is 19.7 Å². The van der Waals surface area contributed by atoms with E-state index in [2.05, 4.69) is 10.2 Å². The predicted molar refractivity (Wildman–Crippen MR) is 108 cm³/mol. The molecule has 2 heterocycles. The molecule has 1 unspecified atom stereocenters. The molecule has 1 amide bonds. The minimum atomic E-state index is -0.490. The smallest absolute Gasteiger partial charge is 0.328 e. The molecule has 1 aromatic heterocycles. The quantitative estimate of drug-likeness (QED) is 0.525. The van der Waals surface area contributed by atoms with Gasteiger partial charge in [-0.15, -0.1) is 10.2 Å². The van der Waals surface area contributed by atoms with E-state index in [1.165, 1.54) is 11.8 Å². The second kappa shape index (κ2) is 9.43. The molecule has 1 saturated heterocycles. The Kier molecular flexibility index (Phi) is 6.96. The van der Waals surface area contributed by atoms with Crippen molar-refractivity contribution in [2.45, 2.75) is 44.3 Å². The molecule has 1 aliphatic rings. The summed E-state index contributed by atoms with van der Waals surface area (Å²) < 4.78 is 6.93. The van der Waals surface area contributed by atoms with Gasteiger partial charge >= 0.3 is 5.97 Å². The van der Waals surface area contributed by atoms with Gasteiger partial charge in [0.05, 0.1) is 18.0 Å². The number of ether oxygens (including phenoxy) is 1. The van der Waals surface area contributed by atoms with Crippen LogP contribution in [0.25, 0.3) is 5.69 Å². The van der Waals surface area contributed by atoms with Crippen molar-refractivity contribution < 1.29 is 14.3 Å². The minimum absolute atomic E-state index is 0.0979. The molecule has 0 aliphatic carbocycles. The summed E-state index contributed by atoms with van der Waals surface area (Å²) in [6.45, 7) is 4.59. The first-order valence-electron chi connectivity index (χ1n) is 9.26. The normalized spacial score (nSPS) is 16.8. The second-order valence-electron chi connectivity index (χ2n) is 6.56. The molecule has 7 nitrogen and oxygen atoms in total. The van der Waals surface area contributed by atoms with E-state index in [4.69, 9.17) is 16.3 Å². The molecule has 1 atom stereocenters. The number of piperidine rings is 1. The Morgan fingerprint density at radius 1 is 1.36 bits per heavy atom. The highest BCUT2D eigenvalue weighted by Crippen LogP contribution is 2.25. The van der Waals surface area contributed by atoms with Gasteiger partial charge in [-0.05, 0) is 50.8 Å². The number of aryl methyl sites for hydroxylation is 1. The van der Waals surface area contributed by atoms with Crippen molar-refractivity contribution in [3.63, 3.8) is 0 Å². The second-order valence-corrected chi connectivity index (χ2v) is 7.91. The third kappa shape index (κ3) is 4.67. The fraction of sp³-hybridized carbons (Fsp3) is 0.474. The number of thioether (sulfide) groups is 1. The van der Waals surface area contributed by atoms with Crippen molar-refractivity contribution in [1.29, 1.82) is 0 Å². The predicted octanol–water partition coefficient (Wildman–Crippen LogP) is 3.27. The van der Waals surface area contributed by atoms with E-state index in [1.807, 2.05) is 25.1 Å². The summed E-state index contributed by atoms with van der Waals surface area (Å²) in [7, 11) is 0. The van der Waals surface area contributed by atoms with E-state index in [-0.39, 0.29) is 17.6 Å². The molecular weight excluding hydrogens is 400 g/mol. The van der Waals surface area contributed by atoms with Crippen LogP contribution in [0.3, 0.4) is 0 Å². The van der Waals surface area contributed by atoms with Crippen LogP contribution in [0.5, 0.6) is 0 Å². The van der Waals surface area contributed by atoms with Gasteiger partial charge < -0.3 is 9.64 Å². The fourth-order valence-corrected chi connectivity index (χ4v) is 4.14. The zero-order chi connectivity index (χ0) is 20.1. The Hall–Kier alpha value is -2.06. The monoisotopic (exact) mass is 422 g/mol. The largest absolute Gasteiger partial charge is 0.464 e. The summed E-state index contributed by atoms with van der Waals surface area (Å²) in [5.74, 6) is -0.244. The Labute approximate surface area is 173 Å². The van der Waals surface area contributed by atoms with E-state index < -0.39 is 6.04 Å². The number of nitrogens with zero attached hydrogens (tertiary/aromatic N) is 4. The molecule has 28 heavy (non-hydrogen) atoms. The number of esters is 1. The third-order valence-corrected chi connectivity index (χ3v) is 5.99. The number of halogens is 1. The average molecular weight is 423 g/mol. The Morgan fingerprint density at radius 3 is 2.93 bits per heavy atom. The van der Waals surface area contributed by atoms with Crippen molar-refractivity contribution in [3.8, 4) is 5.69 Å². The van der Waals surface area contributed by atoms with E-state index in [0.29, 0.717) is 29.8 Å². The molecule has 0 spiro atoms. The topological polar surface area (TPSA) is 77.3 Å². The van der Waals surface area contributed by atoms with Crippen LogP contribution in [0.2, 0.25) is 5.02 Å². The fourth-order valence-electron chi connectivity index (χ4n) is 3.15. The van der Waals surface area contributed by atoms with Crippen molar-refractivity contribution in [2.24, 2.45) is 0 Å². The van der Waals surface area contributed by atoms with Crippen molar-refractivity contribution >= 4 is 35.2 Å². The highest BCUT2D eigenvalue weighted by molar-refractivity contribution is 7.99. The van der Waals surface area contributed by atoms with Crippen LogP contribution >= 0.6 is 23.4 Å². The summed E-state index contributed by atoms with van der Waals surface area (Å²) in [6, 6.07) is 5.20. The van der Waals surface area contributed by atoms with Gasteiger partial charge in [0.25, 0.3) is 0 Å². The van der Waals surface area contributed by atoms with Crippen molar-refractivity contribution in [2.75, 3.05) is 18.9 Å². The van der Waals surface area contributed by atoms with E-state index in [1.54, 1.807) is 22.7 Å². The summed E-state index contributed by atoms with van der Waals surface area (Å²) in [5.41, 5.74) is 1.82. The van der Waals surface area contributed by atoms with Crippen LogP contribution in [0, 0.1) is 6.92 Å². The van der Waals surface area contributed by atoms with Crippen LogP contribution in [-0.2, 0) is 14.3 Å². The van der Waals surface area contributed by atoms with Crippen LogP contribution in [0.1, 0.15) is 31.7 Å². The number of amides is 1. The van der Waals surface area contributed by atoms with Crippen LogP contribution in [-0.4, -0.2) is 56.5 Å². The average Bonchev–Trinajstić information content (AvgIpc) is 3.17. The number of hydrogen-bond donors (Lipinski definition) is 0. The number of carbonyl (C=O) groups excluding carboxylic acids is 2. The van der Waals surface area contributed by atoms with Gasteiger partial charge in [0.1, 0.15) is 12.4 Å². The first-order valence-corrected chi connectivity index (χ1v) is 10.6. The molecule has 0 saturated carbocycles. The lowest BCUT2D eigenvalue weighted by molar-refractivity contribution is -0.155. The highest BCUT2D eigenvalue weighted by atomic mass is 35.5. The van der Waals surface area contributed by atoms with Crippen LogP contribution < -0.4 is 0 Å². The highest BCUT2D eigenvalue weighted by Gasteiger charge is 2.33. The third-order valence-electron chi connectivity index (χ3n) is 4.66. The first kappa shape index (κ1) is 20.7. The Bertz CT molecular complexity index is 857. The van der Waals surface area contributed by atoms with E-state index in [9.17, 15) is 9.59 Å². The lowest BCUT2D eigenvalue weighted by atomic mass is 10.0. The maximum atomic E-state index is 12.8. The number of likely N-dealkylation sites (tertiary alicyclic amines) is 1. The molecule has 2 aromatic rings. The molecule has 1 aliphatic heterocycles. The Morgan fingerprint density at radius 2 is 2.18 bits per heavy atom. The van der Waals surface area contributed by atoms with Gasteiger partial charge in [-0.1, -0.05) is 29.4 Å². The summed E-state index contributed by atoms with van der Waals surface area (Å²) in [6.07, 6.45) is 4.05. The van der Waals surface area contributed by atoms with Crippen LogP contribution in [0.4, 0.5) is 0 Å². The standard InChI is InChI=1S/C19H23ClN4O3S/c1-3-27-18(26)16-6-4-5-9-23(16)17(25)11-28-19-22-21-12-24(19)14-8-7-13(2)15(20)10-14/h7-8,10,12,16H,3-6,9,11H2,1-2H3. The van der Waals surface area contributed by atoms with Gasteiger partial charge in [-0.25, -0.2) is 4.79 Å². The Balaban J connectivity index is 1.68. The summed E-state index contributed by atoms with van der Waals surface area (Å²) >= 11 is 7.51. The molecule has 0 radical (unpaired) electrons. The maximum absolute atomic E-state index is 12.8. The lowest BCUT2D eigenvalue weighted by Gasteiger charge is -2.33. The molecule has 0 N–H and O–H groups in total. The van der Waals surface area contributed by atoms with E-state index in [0.717, 1.165) is 24.1 Å². The number of benzene rings is 1. The molecule has 9 heteroatoms. The molecule has 0 bridgehead atoms. The molecule has 3 rings (SSSR count). The molecule has 1 aromatic carbocycles. The lowest BCUT2D eigenvalue weighted by Crippen LogP contribution is -2.49. The zero-order valence-electron chi connectivity index (χ0n) is 15.9. The van der Waals surface area contributed by atoms with Crippen molar-refractivity contribution in [3.05, 3.63) is 35.1 Å². The molecule has 1 fully saturated rings. The number of aromatic nitrogens is 3. The number of carbonyl (C=O) groups is 2. The van der Waals surface area contributed by atoms with Gasteiger partial charge in [0.2, 0.25) is 5.91 Å². The molecular formula is C19H23ClN4O3S. The van der Waals surface area contributed by atoms with Gasteiger partial charge in [-0.2, -0.15) is 0 Å². The van der Waals surface area contributed by atoms with Gasteiger partial charge in [-0.3, -0.25) is 9.36 Å². The summed E-state index contributed by atoms with van der Waals surface area (Å²) in [5, 5.41) is 9.33. The van der Waals surface area contributed by atoms with Crippen LogP contribution in [0.15, 0.2) is 29.7 Å². The molecule has 150 valence electrons. The number of rotatable bonds is 6.